The molecule has 11 heteroatoms. The molecule has 43 heavy (non-hydrogen) atoms. The van der Waals surface area contributed by atoms with Crippen molar-refractivity contribution in [2.75, 3.05) is 13.7 Å². The van der Waals surface area contributed by atoms with Crippen LogP contribution in [0.25, 0.3) is 0 Å². The Hall–Kier alpha value is -3.86. The van der Waals surface area contributed by atoms with Gasteiger partial charge in [-0.15, -0.1) is 0 Å². The molecule has 3 aromatic carbocycles. The van der Waals surface area contributed by atoms with Gasteiger partial charge in [0, 0.05) is 31.0 Å². The van der Waals surface area contributed by atoms with Crippen LogP contribution in [0.3, 0.4) is 0 Å². The lowest BCUT2D eigenvalue weighted by molar-refractivity contribution is -0.143. The highest BCUT2D eigenvalue weighted by Crippen LogP contribution is 2.38. The molecule has 0 saturated heterocycles. The molecule has 0 aliphatic carbocycles. The summed E-state index contributed by atoms with van der Waals surface area (Å²) in [6, 6.07) is 17.3. The van der Waals surface area contributed by atoms with Gasteiger partial charge in [-0.1, -0.05) is 74.5 Å². The number of rotatable bonds is 11. The van der Waals surface area contributed by atoms with Gasteiger partial charge < -0.3 is 15.3 Å². The lowest BCUT2D eigenvalue weighted by Gasteiger charge is -2.36. The fourth-order valence-electron chi connectivity index (χ4n) is 4.96. The molecule has 5 nitrogen and oxygen atoms in total. The molecule has 0 aliphatic heterocycles. The second kappa shape index (κ2) is 14.1. The molecule has 0 aromatic heterocycles. The Bertz CT molecular complexity index is 1290. The molecular formula is C32H34F6N2O3. The maximum Gasteiger partial charge on any atom is 0.416 e. The number of aliphatic hydroxyl groups excluding tert-OH is 1. The van der Waals surface area contributed by atoms with E-state index in [-0.39, 0.29) is 31.4 Å². The van der Waals surface area contributed by atoms with Gasteiger partial charge in [-0.2, -0.15) is 26.3 Å². The number of nitrogens with one attached hydrogen (secondary N) is 1. The van der Waals surface area contributed by atoms with Gasteiger partial charge in [-0.3, -0.25) is 9.59 Å². The highest BCUT2D eigenvalue weighted by atomic mass is 19.4. The zero-order valence-corrected chi connectivity index (χ0v) is 23.9. The Morgan fingerprint density at radius 1 is 0.814 bits per heavy atom. The Morgan fingerprint density at radius 2 is 1.28 bits per heavy atom. The second-order valence-corrected chi connectivity index (χ2v) is 10.7. The number of carbonyl (C=O) groups is 2. The van der Waals surface area contributed by atoms with Crippen LogP contribution in [0.2, 0.25) is 0 Å². The van der Waals surface area contributed by atoms with E-state index >= 15 is 0 Å². The third kappa shape index (κ3) is 8.82. The molecule has 0 aliphatic rings. The van der Waals surface area contributed by atoms with E-state index in [0.29, 0.717) is 12.1 Å². The van der Waals surface area contributed by atoms with E-state index in [4.69, 9.17) is 0 Å². The summed E-state index contributed by atoms with van der Waals surface area (Å²) in [5.41, 5.74) is -2.51. The Labute approximate surface area is 246 Å². The van der Waals surface area contributed by atoms with Crippen LogP contribution in [-0.2, 0) is 17.1 Å². The highest BCUT2D eigenvalue weighted by Gasteiger charge is 2.39. The number of aliphatic hydroxyl groups is 1. The Balaban J connectivity index is 2.10. The van der Waals surface area contributed by atoms with E-state index in [9.17, 15) is 41.0 Å². The quantitative estimate of drug-likeness (QED) is 0.233. The van der Waals surface area contributed by atoms with Crippen molar-refractivity contribution in [1.29, 1.82) is 0 Å². The zero-order valence-electron chi connectivity index (χ0n) is 23.9. The van der Waals surface area contributed by atoms with Crippen molar-refractivity contribution in [3.63, 3.8) is 0 Å². The molecule has 2 amide bonds. The molecule has 0 radical (unpaired) electrons. The van der Waals surface area contributed by atoms with Crippen LogP contribution in [0.5, 0.6) is 0 Å². The minimum absolute atomic E-state index is 0.0177. The summed E-state index contributed by atoms with van der Waals surface area (Å²) in [7, 11) is 1.31. The van der Waals surface area contributed by atoms with E-state index in [1.165, 1.54) is 7.05 Å². The third-order valence-electron chi connectivity index (χ3n) is 7.37. The summed E-state index contributed by atoms with van der Waals surface area (Å²) in [6.07, 6.45) is -10.4. The molecule has 0 fully saturated rings. The van der Waals surface area contributed by atoms with E-state index < -0.39 is 58.9 Å². The first kappa shape index (κ1) is 33.6. The average molecular weight is 609 g/mol. The van der Waals surface area contributed by atoms with Crippen LogP contribution in [-0.4, -0.2) is 47.6 Å². The molecule has 0 spiro atoms. The van der Waals surface area contributed by atoms with Crippen LogP contribution < -0.4 is 5.32 Å². The van der Waals surface area contributed by atoms with Crippen LogP contribution in [0.4, 0.5) is 26.3 Å². The fraction of sp³-hybridized carbons (Fsp3) is 0.375. The van der Waals surface area contributed by atoms with Crippen LogP contribution in [0, 0.1) is 5.92 Å². The van der Waals surface area contributed by atoms with Crippen molar-refractivity contribution < 1.29 is 41.0 Å². The number of halogens is 6. The van der Waals surface area contributed by atoms with Gasteiger partial charge in [-0.25, -0.2) is 0 Å². The van der Waals surface area contributed by atoms with E-state index in [2.05, 4.69) is 5.32 Å². The van der Waals surface area contributed by atoms with Crippen molar-refractivity contribution >= 4 is 11.8 Å². The standard InChI is InChI=1S/C32H34F6N2O3/c1-20(2)26(19-41)39-28(42)15-14-27(29(21-10-6-4-7-11-21)22-12-8-5-9-13-22)40(3)30(43)23-16-24(31(33,34)35)18-25(17-23)32(36,37)38/h4-13,16-18,20,26-27,29,41H,14-15,19H2,1-3H3,(H,39,42). The second-order valence-electron chi connectivity index (χ2n) is 10.7. The topological polar surface area (TPSA) is 69.6 Å². The number of likely N-dealkylation sites (N-methyl/N-ethyl adjacent to an activating group) is 1. The van der Waals surface area contributed by atoms with Crippen molar-refractivity contribution in [2.45, 2.75) is 57.0 Å². The van der Waals surface area contributed by atoms with Crippen molar-refractivity contribution in [2.24, 2.45) is 5.92 Å². The molecule has 232 valence electrons. The molecular weight excluding hydrogens is 574 g/mol. The van der Waals surface area contributed by atoms with Gasteiger partial charge in [0.05, 0.1) is 23.8 Å². The molecule has 3 aromatic rings. The number of nitrogens with zero attached hydrogens (tertiary/aromatic N) is 1. The number of hydrogen-bond acceptors (Lipinski definition) is 3. The summed E-state index contributed by atoms with van der Waals surface area (Å²) in [5, 5.41) is 12.4. The summed E-state index contributed by atoms with van der Waals surface area (Å²) in [6.45, 7) is 3.35. The van der Waals surface area contributed by atoms with Crippen LogP contribution >= 0.6 is 0 Å². The van der Waals surface area contributed by atoms with Crippen LogP contribution in [0.1, 0.15) is 65.2 Å². The van der Waals surface area contributed by atoms with Gasteiger partial charge in [0.15, 0.2) is 0 Å². The first-order chi connectivity index (χ1) is 20.1. The van der Waals surface area contributed by atoms with E-state index in [0.717, 1.165) is 16.0 Å². The molecule has 2 unspecified atom stereocenters. The number of amides is 2. The maximum atomic E-state index is 13.7. The maximum absolute atomic E-state index is 13.7. The molecule has 0 saturated carbocycles. The average Bonchev–Trinajstić information content (AvgIpc) is 2.96. The van der Waals surface area contributed by atoms with Gasteiger partial charge >= 0.3 is 12.4 Å². The van der Waals surface area contributed by atoms with Crippen molar-refractivity contribution in [3.05, 3.63) is 107 Å². The summed E-state index contributed by atoms with van der Waals surface area (Å²) in [5.74, 6) is -2.14. The highest BCUT2D eigenvalue weighted by molar-refractivity contribution is 5.95. The van der Waals surface area contributed by atoms with Gasteiger partial charge in [0.25, 0.3) is 5.91 Å². The summed E-state index contributed by atoms with van der Waals surface area (Å²) < 4.78 is 81.5. The van der Waals surface area contributed by atoms with Crippen LogP contribution in [0.15, 0.2) is 78.9 Å². The summed E-state index contributed by atoms with van der Waals surface area (Å²) in [4.78, 5) is 27.8. The minimum Gasteiger partial charge on any atom is -0.394 e. The molecule has 0 bridgehead atoms. The summed E-state index contributed by atoms with van der Waals surface area (Å²) >= 11 is 0. The third-order valence-corrected chi connectivity index (χ3v) is 7.37. The first-order valence-corrected chi connectivity index (χ1v) is 13.7. The van der Waals surface area contributed by atoms with Crippen molar-refractivity contribution in [3.8, 4) is 0 Å². The predicted octanol–water partition coefficient (Wildman–Crippen LogP) is 6.91. The first-order valence-electron chi connectivity index (χ1n) is 13.7. The SMILES string of the molecule is CC(C)C(CO)NC(=O)CCC(C(c1ccccc1)c1ccccc1)N(C)C(=O)c1cc(C(F)(F)F)cc(C(F)(F)F)c1. The number of benzene rings is 3. The largest absolute Gasteiger partial charge is 0.416 e. The fourth-order valence-corrected chi connectivity index (χ4v) is 4.96. The number of carbonyl (C=O) groups excluding carboxylic acids is 2. The number of hydrogen-bond donors (Lipinski definition) is 2. The Morgan fingerprint density at radius 3 is 1.67 bits per heavy atom. The normalized spacial score (nSPS) is 13.6. The lowest BCUT2D eigenvalue weighted by atomic mass is 9.82. The predicted molar refractivity (Wildman–Crippen MR) is 150 cm³/mol. The van der Waals surface area contributed by atoms with Gasteiger partial charge in [0.1, 0.15) is 0 Å². The Kier molecular flexibility index (Phi) is 11.0. The molecule has 3 rings (SSSR count). The zero-order chi connectivity index (χ0) is 31.9. The monoisotopic (exact) mass is 608 g/mol. The minimum atomic E-state index is -5.12. The van der Waals surface area contributed by atoms with Crippen molar-refractivity contribution in [1.82, 2.24) is 10.2 Å². The van der Waals surface area contributed by atoms with Gasteiger partial charge in [-0.05, 0) is 41.7 Å². The molecule has 2 N–H and O–H groups in total. The smallest absolute Gasteiger partial charge is 0.394 e. The number of alkyl halides is 6. The molecule has 0 heterocycles. The van der Waals surface area contributed by atoms with E-state index in [1.807, 2.05) is 13.8 Å². The van der Waals surface area contributed by atoms with E-state index in [1.54, 1.807) is 60.7 Å². The molecule has 2 atom stereocenters. The lowest BCUT2D eigenvalue weighted by Crippen LogP contribution is -2.44. The van der Waals surface area contributed by atoms with Gasteiger partial charge in [0.2, 0.25) is 5.91 Å².